The van der Waals surface area contributed by atoms with Crippen molar-refractivity contribution in [2.75, 3.05) is 33.4 Å². The monoisotopic (exact) mass is 734 g/mol. The molecular formula is C44H54N4O6. The Hall–Kier alpha value is -4.86. The molecule has 4 heterocycles. The largest absolute Gasteiger partial charge is 0.497 e. The van der Waals surface area contributed by atoms with E-state index in [0.717, 1.165) is 74.7 Å². The summed E-state index contributed by atoms with van der Waals surface area (Å²) in [5.74, 6) is 1.01. The number of amides is 3. The van der Waals surface area contributed by atoms with Crippen molar-refractivity contribution in [1.29, 1.82) is 0 Å². The van der Waals surface area contributed by atoms with Gasteiger partial charge in [0.05, 0.1) is 31.5 Å². The number of pyridine rings is 1. The Morgan fingerprint density at radius 1 is 1.02 bits per heavy atom. The van der Waals surface area contributed by atoms with E-state index >= 15 is 0 Å². The van der Waals surface area contributed by atoms with E-state index < -0.39 is 23.6 Å². The minimum absolute atomic E-state index is 0.0295. The fourth-order valence-electron chi connectivity index (χ4n) is 8.49. The molecule has 7 rings (SSSR count). The first-order valence-corrected chi connectivity index (χ1v) is 19.9. The summed E-state index contributed by atoms with van der Waals surface area (Å²) in [6.45, 7) is 8.28. The summed E-state index contributed by atoms with van der Waals surface area (Å²) in [6.07, 6.45) is 12.4. The predicted molar refractivity (Wildman–Crippen MR) is 209 cm³/mol. The molecule has 1 aliphatic carbocycles. The third-order valence-electron chi connectivity index (χ3n) is 11.6. The maximum Gasteiger partial charge on any atom is 0.243 e. The van der Waals surface area contributed by atoms with Gasteiger partial charge in [-0.1, -0.05) is 61.9 Å². The van der Waals surface area contributed by atoms with E-state index in [1.54, 1.807) is 12.0 Å². The van der Waals surface area contributed by atoms with E-state index in [1.165, 1.54) is 0 Å². The van der Waals surface area contributed by atoms with E-state index in [0.29, 0.717) is 48.6 Å². The first kappa shape index (κ1) is 37.5. The number of ether oxygens (including phenoxy) is 3. The zero-order valence-corrected chi connectivity index (χ0v) is 31.8. The van der Waals surface area contributed by atoms with Crippen LogP contribution in [0.15, 0.2) is 79.1 Å². The van der Waals surface area contributed by atoms with Crippen molar-refractivity contribution in [3.8, 4) is 22.8 Å². The molecule has 2 aromatic carbocycles. The van der Waals surface area contributed by atoms with Crippen LogP contribution in [-0.2, 0) is 19.1 Å². The lowest BCUT2D eigenvalue weighted by Gasteiger charge is -2.32. The molecule has 0 radical (unpaired) electrons. The van der Waals surface area contributed by atoms with Crippen LogP contribution in [-0.4, -0.2) is 83.5 Å². The number of piperidine rings is 1. The Morgan fingerprint density at radius 3 is 2.59 bits per heavy atom. The van der Waals surface area contributed by atoms with Crippen LogP contribution >= 0.6 is 0 Å². The highest BCUT2D eigenvalue weighted by molar-refractivity contribution is 5.92. The maximum absolute atomic E-state index is 14.8. The summed E-state index contributed by atoms with van der Waals surface area (Å²) in [5, 5.41) is 4.12. The fraction of sp³-hybridized carbons (Fsp3) is 0.500. The van der Waals surface area contributed by atoms with Gasteiger partial charge >= 0.3 is 0 Å². The van der Waals surface area contributed by atoms with Gasteiger partial charge in [-0.2, -0.15) is 0 Å². The molecule has 3 aliphatic heterocycles. The fourth-order valence-corrected chi connectivity index (χ4v) is 8.49. The first-order chi connectivity index (χ1) is 26.3. The van der Waals surface area contributed by atoms with Crippen LogP contribution in [0, 0.1) is 11.8 Å². The van der Waals surface area contributed by atoms with Crippen LogP contribution in [0.5, 0.6) is 11.5 Å². The van der Waals surface area contributed by atoms with Crippen molar-refractivity contribution in [3.05, 3.63) is 79.1 Å². The molecule has 3 aromatic rings. The van der Waals surface area contributed by atoms with E-state index in [1.807, 2.05) is 66.4 Å². The second kappa shape index (κ2) is 16.7. The molecule has 3 amide bonds. The summed E-state index contributed by atoms with van der Waals surface area (Å²) < 4.78 is 18.3. The number of aromatic nitrogens is 1. The van der Waals surface area contributed by atoms with Crippen LogP contribution < -0.4 is 14.8 Å². The summed E-state index contributed by atoms with van der Waals surface area (Å²) in [6, 6.07) is 16.8. The van der Waals surface area contributed by atoms with Gasteiger partial charge in [-0.15, -0.1) is 0 Å². The second-order valence-electron chi connectivity index (χ2n) is 15.3. The first-order valence-electron chi connectivity index (χ1n) is 19.9. The minimum atomic E-state index is -0.793. The molecule has 4 aliphatic rings. The molecule has 2 unspecified atom stereocenters. The van der Waals surface area contributed by atoms with Crippen LogP contribution in [0.4, 0.5) is 0 Å². The topological polar surface area (TPSA) is 110 Å². The molecule has 2 saturated heterocycles. The number of fused-ring (bicyclic) bond motifs is 3. The molecule has 1 saturated carbocycles. The summed E-state index contributed by atoms with van der Waals surface area (Å²) >= 11 is 0. The molecule has 0 spiro atoms. The van der Waals surface area contributed by atoms with Gasteiger partial charge in [0.25, 0.3) is 0 Å². The lowest BCUT2D eigenvalue weighted by molar-refractivity contribution is -0.145. The van der Waals surface area contributed by atoms with Gasteiger partial charge < -0.3 is 29.3 Å². The Labute approximate surface area is 318 Å². The molecule has 1 aromatic heterocycles. The maximum atomic E-state index is 14.8. The zero-order valence-electron chi connectivity index (χ0n) is 31.8. The Bertz CT molecular complexity index is 1870. The summed E-state index contributed by atoms with van der Waals surface area (Å²) in [7, 11) is 1.63. The SMILES string of the molecule is C=C(OCC)C12CC1/C=C\CCCCC[C@H](CC(=O)N1CCCCC1)C(=O)N1C[C@H](Oc3cc(-c4ccccc4)nc4cc(OC)ccc34)C[C@H]1C(=O)N2. The average Bonchev–Trinajstić information content (AvgIpc) is 3.73. The molecule has 286 valence electrons. The van der Waals surface area contributed by atoms with Gasteiger partial charge in [-0.05, 0) is 64.0 Å². The summed E-state index contributed by atoms with van der Waals surface area (Å²) in [5.41, 5.74) is 1.67. The van der Waals surface area contributed by atoms with Crippen LogP contribution in [0.2, 0.25) is 0 Å². The zero-order chi connectivity index (χ0) is 37.7. The second-order valence-corrected chi connectivity index (χ2v) is 15.3. The standard InChI is InChI=1S/C44H54N4O6/c1-4-53-30(2)44-28-33(44)19-13-7-5-6-10-18-32(24-41(49)47-22-14-9-15-23-47)43(51)48-29-35(26-39(48)42(50)46-44)54-40-27-37(31-16-11-8-12-17-31)45-38-25-34(52-3)20-21-36(38)40/h8,11-13,16-17,19-21,25,27,32-33,35,39H,2,4-7,9-10,14-15,18,22-24,26,28-29H2,1,3H3,(H,46,50)/b19-13-/t32-,33?,35-,39+,44?/m1/s1. The number of carbonyl (C=O) groups excluding carboxylic acids is 3. The van der Waals surface area contributed by atoms with Crippen LogP contribution in [0.25, 0.3) is 22.2 Å². The number of rotatable bonds is 9. The van der Waals surface area contributed by atoms with E-state index in [-0.39, 0.29) is 36.6 Å². The number of allylic oxidation sites excluding steroid dienone is 1. The third kappa shape index (κ3) is 8.12. The molecular weight excluding hydrogens is 681 g/mol. The van der Waals surface area contributed by atoms with Gasteiger partial charge in [0.15, 0.2) is 0 Å². The molecule has 54 heavy (non-hydrogen) atoms. The third-order valence-corrected chi connectivity index (χ3v) is 11.6. The van der Waals surface area contributed by atoms with E-state index in [2.05, 4.69) is 24.0 Å². The summed E-state index contributed by atoms with van der Waals surface area (Å²) in [4.78, 5) is 51.6. The average molecular weight is 735 g/mol. The lowest BCUT2D eigenvalue weighted by Crippen LogP contribution is -2.52. The highest BCUT2D eigenvalue weighted by atomic mass is 16.5. The van der Waals surface area contributed by atoms with Gasteiger partial charge in [0, 0.05) is 60.8 Å². The number of likely N-dealkylation sites (tertiary alicyclic amines) is 1. The highest BCUT2D eigenvalue weighted by Gasteiger charge is 2.58. The Kier molecular flexibility index (Phi) is 11.6. The molecule has 3 fully saturated rings. The van der Waals surface area contributed by atoms with Crippen molar-refractivity contribution in [2.24, 2.45) is 11.8 Å². The number of hydrogen-bond acceptors (Lipinski definition) is 7. The van der Waals surface area contributed by atoms with Crippen LogP contribution in [0.3, 0.4) is 0 Å². The number of carbonyl (C=O) groups is 3. The minimum Gasteiger partial charge on any atom is -0.497 e. The molecule has 0 bridgehead atoms. The van der Waals surface area contributed by atoms with Gasteiger partial charge in [-0.3, -0.25) is 14.4 Å². The lowest BCUT2D eigenvalue weighted by atomic mass is 9.94. The molecule has 1 N–H and O–H groups in total. The van der Waals surface area contributed by atoms with Crippen molar-refractivity contribution in [1.82, 2.24) is 20.1 Å². The molecule has 10 nitrogen and oxygen atoms in total. The Balaban J connectivity index is 1.22. The van der Waals surface area contributed by atoms with Crippen molar-refractivity contribution in [2.45, 2.75) is 95.2 Å². The quantitative estimate of drug-likeness (QED) is 0.183. The number of nitrogens with one attached hydrogen (secondary N) is 1. The predicted octanol–water partition coefficient (Wildman–Crippen LogP) is 7.22. The highest BCUT2D eigenvalue weighted by Crippen LogP contribution is 2.50. The number of hydrogen-bond donors (Lipinski definition) is 1. The number of benzene rings is 2. The number of methoxy groups -OCH3 is 1. The van der Waals surface area contributed by atoms with Crippen LogP contribution in [0.1, 0.15) is 77.6 Å². The van der Waals surface area contributed by atoms with E-state index in [4.69, 9.17) is 19.2 Å². The number of nitrogens with zero attached hydrogens (tertiary/aromatic N) is 3. The normalized spacial score (nSPS) is 26.8. The molecule has 5 atom stereocenters. The smallest absolute Gasteiger partial charge is 0.243 e. The van der Waals surface area contributed by atoms with Gasteiger partial charge in [0.2, 0.25) is 17.7 Å². The van der Waals surface area contributed by atoms with Gasteiger partial charge in [-0.25, -0.2) is 4.98 Å². The van der Waals surface area contributed by atoms with E-state index in [9.17, 15) is 14.4 Å². The van der Waals surface area contributed by atoms with Crippen molar-refractivity contribution < 1.29 is 28.6 Å². The van der Waals surface area contributed by atoms with Gasteiger partial charge in [0.1, 0.15) is 34.9 Å². The Morgan fingerprint density at radius 2 is 1.81 bits per heavy atom. The molecule has 10 heteroatoms. The van der Waals surface area contributed by atoms with Crippen molar-refractivity contribution >= 4 is 28.6 Å². The van der Waals surface area contributed by atoms with Crippen molar-refractivity contribution in [3.63, 3.8) is 0 Å².